The lowest BCUT2D eigenvalue weighted by molar-refractivity contribution is -0.121. The fourth-order valence-electron chi connectivity index (χ4n) is 3.37. The van der Waals surface area contributed by atoms with Crippen LogP contribution < -0.4 is 10.2 Å². The second kappa shape index (κ2) is 6.63. The number of urea groups is 1. The molecule has 0 saturated heterocycles. The fourth-order valence-corrected chi connectivity index (χ4v) is 3.50. The van der Waals surface area contributed by atoms with Crippen LogP contribution in [-0.2, 0) is 4.79 Å². The van der Waals surface area contributed by atoms with Gasteiger partial charge in [0.1, 0.15) is 12.4 Å². The van der Waals surface area contributed by atoms with E-state index in [1.807, 2.05) is 32.9 Å². The van der Waals surface area contributed by atoms with Crippen molar-refractivity contribution in [2.75, 3.05) is 24.5 Å². The number of hydrogen-bond donors (Lipinski definition) is 1. The quantitative estimate of drug-likeness (QED) is 0.858. The fraction of sp³-hybridized carbons (Fsp3) is 0.368. The maximum Gasteiger partial charge on any atom is 0.331 e. The molecule has 1 aromatic heterocycles. The van der Waals surface area contributed by atoms with Gasteiger partial charge >= 0.3 is 6.03 Å². The van der Waals surface area contributed by atoms with Gasteiger partial charge in [-0.15, -0.1) is 0 Å². The second-order valence-corrected chi connectivity index (χ2v) is 8.23. The number of amidine groups is 1. The predicted octanol–water partition coefficient (Wildman–Crippen LogP) is 2.44. The first-order valence-corrected chi connectivity index (χ1v) is 9.41. The van der Waals surface area contributed by atoms with Gasteiger partial charge in [-0.05, 0) is 45.0 Å². The molecule has 2 aliphatic rings. The van der Waals surface area contributed by atoms with E-state index in [0.29, 0.717) is 29.8 Å². The van der Waals surface area contributed by atoms with Gasteiger partial charge in [0.05, 0.1) is 24.0 Å². The van der Waals surface area contributed by atoms with Crippen LogP contribution in [0.25, 0.3) is 5.69 Å². The highest BCUT2D eigenvalue weighted by molar-refractivity contribution is 6.30. The van der Waals surface area contributed by atoms with Gasteiger partial charge < -0.3 is 5.32 Å². The Bertz CT molecular complexity index is 973. The molecule has 9 heteroatoms. The van der Waals surface area contributed by atoms with E-state index >= 15 is 0 Å². The maximum atomic E-state index is 13.1. The first-order chi connectivity index (χ1) is 13.2. The lowest BCUT2D eigenvalue weighted by Gasteiger charge is -2.34. The molecule has 8 nitrogen and oxygen atoms in total. The number of aromatic nitrogens is 2. The lowest BCUT2D eigenvalue weighted by Crippen LogP contribution is -2.54. The Morgan fingerprint density at radius 2 is 1.96 bits per heavy atom. The van der Waals surface area contributed by atoms with Crippen LogP contribution in [0.1, 0.15) is 26.3 Å². The van der Waals surface area contributed by atoms with Crippen molar-refractivity contribution < 1.29 is 9.59 Å². The van der Waals surface area contributed by atoms with Crippen LogP contribution in [0.4, 0.5) is 10.6 Å². The Balaban J connectivity index is 1.78. The summed E-state index contributed by atoms with van der Waals surface area (Å²) in [7, 11) is 0. The Labute approximate surface area is 167 Å². The van der Waals surface area contributed by atoms with Crippen LogP contribution in [0.3, 0.4) is 0 Å². The van der Waals surface area contributed by atoms with Crippen molar-refractivity contribution in [3.63, 3.8) is 0 Å². The van der Waals surface area contributed by atoms with Crippen LogP contribution in [0.2, 0.25) is 5.02 Å². The molecule has 3 heterocycles. The van der Waals surface area contributed by atoms with Gasteiger partial charge in [0.25, 0.3) is 0 Å². The average Bonchev–Trinajstić information content (AvgIpc) is 3.24. The number of anilines is 1. The highest BCUT2D eigenvalue weighted by Gasteiger charge is 2.41. The molecule has 2 aromatic rings. The first-order valence-electron chi connectivity index (χ1n) is 9.03. The Kier molecular flexibility index (Phi) is 4.38. The van der Waals surface area contributed by atoms with E-state index in [4.69, 9.17) is 11.6 Å². The van der Waals surface area contributed by atoms with Crippen molar-refractivity contribution in [1.82, 2.24) is 20.0 Å². The molecule has 0 bridgehead atoms. The third-order valence-corrected chi connectivity index (χ3v) is 4.68. The highest BCUT2D eigenvalue weighted by Crippen LogP contribution is 2.33. The molecule has 0 unspecified atom stereocenters. The number of rotatable bonds is 3. The number of hydrogen-bond acceptors (Lipinski definition) is 4. The van der Waals surface area contributed by atoms with E-state index in [1.165, 1.54) is 4.90 Å². The number of halogens is 1. The summed E-state index contributed by atoms with van der Waals surface area (Å²) in [6.07, 6.45) is 1.68. The predicted molar refractivity (Wildman–Crippen MR) is 107 cm³/mol. The summed E-state index contributed by atoms with van der Waals surface area (Å²) in [5.41, 5.74) is 1.08. The summed E-state index contributed by atoms with van der Waals surface area (Å²) in [5, 5.41) is 7.98. The number of fused-ring (bicyclic) bond motifs is 3. The number of aliphatic imine (C=N–C) groups is 1. The van der Waals surface area contributed by atoms with Gasteiger partial charge in [0.2, 0.25) is 5.91 Å². The molecule has 0 aliphatic carbocycles. The van der Waals surface area contributed by atoms with Gasteiger partial charge in [-0.2, -0.15) is 5.10 Å². The molecule has 1 aromatic carbocycles. The molecule has 0 spiro atoms. The molecule has 2 aliphatic heterocycles. The van der Waals surface area contributed by atoms with E-state index in [-0.39, 0.29) is 18.5 Å². The van der Waals surface area contributed by atoms with E-state index in [1.54, 1.807) is 27.9 Å². The molecule has 28 heavy (non-hydrogen) atoms. The van der Waals surface area contributed by atoms with E-state index in [2.05, 4.69) is 15.4 Å². The zero-order chi connectivity index (χ0) is 20.1. The summed E-state index contributed by atoms with van der Waals surface area (Å²) in [6.45, 7) is 6.63. The van der Waals surface area contributed by atoms with Crippen molar-refractivity contribution in [2.45, 2.75) is 26.3 Å². The van der Waals surface area contributed by atoms with Gasteiger partial charge in [-0.25, -0.2) is 9.48 Å². The average molecular weight is 401 g/mol. The molecule has 0 fully saturated rings. The molecule has 0 atom stereocenters. The van der Waals surface area contributed by atoms with Crippen LogP contribution in [0, 0.1) is 0 Å². The zero-order valence-electron chi connectivity index (χ0n) is 15.9. The number of carbonyl (C=O) groups excluding carboxylic acids is 2. The molecule has 4 rings (SSSR count). The molecule has 0 radical (unpaired) electrons. The van der Waals surface area contributed by atoms with Crippen molar-refractivity contribution in [3.8, 4) is 5.69 Å². The lowest BCUT2D eigenvalue weighted by atomic mass is 10.1. The minimum absolute atomic E-state index is 0.105. The standard InChI is InChI=1S/C19H21ClN6O2/c1-19(2,3)23-15(27)11-25-17-14(16-21-8-9-24(16)18(25)28)10-22-26(17)13-6-4-12(20)5-7-13/h4-7,10H,8-9,11H2,1-3H3,(H,23,27). The van der Waals surface area contributed by atoms with Crippen molar-refractivity contribution in [2.24, 2.45) is 4.99 Å². The van der Waals surface area contributed by atoms with Gasteiger partial charge in [0.15, 0.2) is 5.82 Å². The van der Waals surface area contributed by atoms with Crippen molar-refractivity contribution in [3.05, 3.63) is 41.0 Å². The smallest absolute Gasteiger partial charge is 0.331 e. The largest absolute Gasteiger partial charge is 0.350 e. The van der Waals surface area contributed by atoms with E-state index in [9.17, 15) is 9.59 Å². The van der Waals surface area contributed by atoms with E-state index in [0.717, 1.165) is 11.3 Å². The van der Waals surface area contributed by atoms with Crippen LogP contribution in [-0.4, -0.2) is 57.6 Å². The third-order valence-electron chi connectivity index (χ3n) is 4.43. The molecule has 3 amide bonds. The van der Waals surface area contributed by atoms with Crippen LogP contribution >= 0.6 is 11.6 Å². The van der Waals surface area contributed by atoms with Crippen LogP contribution in [0.15, 0.2) is 35.5 Å². The van der Waals surface area contributed by atoms with Crippen LogP contribution in [0.5, 0.6) is 0 Å². The minimum Gasteiger partial charge on any atom is -0.350 e. The SMILES string of the molecule is CC(C)(C)NC(=O)CN1C(=O)N2CCN=C2c2cnn(-c3ccc(Cl)cc3)c21. The van der Waals surface area contributed by atoms with Gasteiger partial charge in [0, 0.05) is 17.1 Å². The topological polar surface area (TPSA) is 82.8 Å². The van der Waals surface area contributed by atoms with Gasteiger partial charge in [-0.1, -0.05) is 11.6 Å². The van der Waals surface area contributed by atoms with E-state index < -0.39 is 5.54 Å². The summed E-state index contributed by atoms with van der Waals surface area (Å²) in [5.74, 6) is 0.899. The summed E-state index contributed by atoms with van der Waals surface area (Å²) >= 11 is 6.00. The molecule has 1 N–H and O–H groups in total. The monoisotopic (exact) mass is 400 g/mol. The van der Waals surface area contributed by atoms with Gasteiger partial charge in [-0.3, -0.25) is 19.6 Å². The molecular weight excluding hydrogens is 380 g/mol. The highest BCUT2D eigenvalue weighted by atomic mass is 35.5. The Morgan fingerprint density at radius 3 is 2.64 bits per heavy atom. The Hall–Kier alpha value is -2.87. The van der Waals surface area contributed by atoms with Crippen molar-refractivity contribution >= 4 is 35.2 Å². The number of amides is 3. The minimum atomic E-state index is -0.393. The number of nitrogens with one attached hydrogen (secondary N) is 1. The number of carbonyl (C=O) groups is 2. The summed E-state index contributed by atoms with van der Waals surface area (Å²) < 4.78 is 1.64. The summed E-state index contributed by atoms with van der Waals surface area (Å²) in [4.78, 5) is 33.2. The third kappa shape index (κ3) is 3.24. The number of benzene rings is 1. The molecule has 146 valence electrons. The number of nitrogens with zero attached hydrogens (tertiary/aromatic N) is 5. The maximum absolute atomic E-state index is 13.1. The molecular formula is C19H21ClN6O2. The second-order valence-electron chi connectivity index (χ2n) is 7.79. The van der Waals surface area contributed by atoms with Crippen molar-refractivity contribution in [1.29, 1.82) is 0 Å². The summed E-state index contributed by atoms with van der Waals surface area (Å²) in [6, 6.07) is 6.87. The normalized spacial score (nSPS) is 16.0. The Morgan fingerprint density at radius 1 is 1.25 bits per heavy atom. The zero-order valence-corrected chi connectivity index (χ0v) is 16.7. The molecule has 0 saturated carbocycles. The first kappa shape index (κ1) is 18.5.